The van der Waals surface area contributed by atoms with Crippen LogP contribution < -0.4 is 5.32 Å². The fraction of sp³-hybridized carbons (Fsp3) is 0.312. The van der Waals surface area contributed by atoms with Crippen LogP contribution in [0.25, 0.3) is 0 Å². The number of amides is 1. The summed E-state index contributed by atoms with van der Waals surface area (Å²) in [4.78, 5) is 12.2. The fourth-order valence-corrected chi connectivity index (χ4v) is 3.85. The highest BCUT2D eigenvalue weighted by molar-refractivity contribution is 8.01. The zero-order valence-corrected chi connectivity index (χ0v) is 13.9. The highest BCUT2D eigenvalue weighted by atomic mass is 32.2. The number of hydrogen-bond acceptors (Lipinski definition) is 5. The molecule has 0 aliphatic heterocycles. The van der Waals surface area contributed by atoms with Crippen molar-refractivity contribution in [3.63, 3.8) is 0 Å². The second kappa shape index (κ2) is 6.62. The summed E-state index contributed by atoms with van der Waals surface area (Å²) in [6.07, 6.45) is 0.909. The first kappa shape index (κ1) is 15.2. The van der Waals surface area contributed by atoms with Crippen molar-refractivity contribution in [3.8, 4) is 0 Å². The Kier molecular flexibility index (Phi) is 4.59. The molecular formula is C16H17N3OS2. The third-order valence-corrected chi connectivity index (χ3v) is 5.64. The number of benzene rings is 1. The van der Waals surface area contributed by atoms with Crippen LogP contribution in [0.15, 0.2) is 46.8 Å². The van der Waals surface area contributed by atoms with Gasteiger partial charge in [-0.25, -0.2) is 0 Å². The summed E-state index contributed by atoms with van der Waals surface area (Å²) < 4.78 is 0.855. The molecule has 4 nitrogen and oxygen atoms in total. The molecule has 1 aromatic heterocycles. The fourth-order valence-electron chi connectivity index (χ4n) is 2.26. The summed E-state index contributed by atoms with van der Waals surface area (Å²) in [6.45, 7) is 5.84. The average Bonchev–Trinajstić information content (AvgIpc) is 3.20. The van der Waals surface area contributed by atoms with E-state index in [1.54, 1.807) is 11.8 Å². The molecule has 0 saturated heterocycles. The van der Waals surface area contributed by atoms with Gasteiger partial charge in [-0.2, -0.15) is 0 Å². The number of aromatic nitrogens is 2. The lowest BCUT2D eigenvalue weighted by molar-refractivity contribution is -0.117. The Morgan fingerprint density at radius 3 is 2.91 bits per heavy atom. The van der Waals surface area contributed by atoms with E-state index in [4.69, 9.17) is 0 Å². The topological polar surface area (TPSA) is 54.9 Å². The molecule has 6 heteroatoms. The highest BCUT2D eigenvalue weighted by Crippen LogP contribution is 2.48. The molecule has 0 bridgehead atoms. The average molecular weight is 331 g/mol. The molecule has 1 aliphatic rings. The number of hydrogen-bond donors (Lipinski definition) is 1. The van der Waals surface area contributed by atoms with Crippen molar-refractivity contribution in [3.05, 3.63) is 48.0 Å². The van der Waals surface area contributed by atoms with E-state index in [-0.39, 0.29) is 11.8 Å². The standard InChI is InChI=1S/C16H17N3OS2/c1-10(2)9-21-16-19-18-15(22-16)17-14(20)13-8-12(13)11-6-4-3-5-7-11/h3-7,12-13H,1,8-9H2,2H3,(H,17,18,20)/t12-,13+/m0/s1. The number of carbonyl (C=O) groups is 1. The molecule has 0 radical (unpaired) electrons. The second-order valence-electron chi connectivity index (χ2n) is 5.47. The zero-order valence-electron chi connectivity index (χ0n) is 12.3. The van der Waals surface area contributed by atoms with Gasteiger partial charge in [0.25, 0.3) is 0 Å². The lowest BCUT2D eigenvalue weighted by atomic mass is 10.1. The Morgan fingerprint density at radius 1 is 1.41 bits per heavy atom. The van der Waals surface area contributed by atoms with Crippen molar-refractivity contribution < 1.29 is 4.79 Å². The summed E-state index contributed by atoms with van der Waals surface area (Å²) in [7, 11) is 0. The van der Waals surface area contributed by atoms with Gasteiger partial charge in [-0.05, 0) is 24.8 Å². The van der Waals surface area contributed by atoms with Crippen LogP contribution in [0.5, 0.6) is 0 Å². The molecule has 1 N–H and O–H groups in total. The maximum atomic E-state index is 12.2. The van der Waals surface area contributed by atoms with E-state index in [1.165, 1.54) is 16.9 Å². The Morgan fingerprint density at radius 2 is 2.18 bits per heavy atom. The maximum absolute atomic E-state index is 12.2. The molecule has 3 rings (SSSR count). The number of nitrogens with one attached hydrogen (secondary N) is 1. The third-order valence-electron chi connectivity index (χ3n) is 3.43. The van der Waals surface area contributed by atoms with Gasteiger partial charge in [0.1, 0.15) is 0 Å². The van der Waals surface area contributed by atoms with Crippen LogP contribution in [0, 0.1) is 5.92 Å². The van der Waals surface area contributed by atoms with Gasteiger partial charge in [-0.15, -0.1) is 10.2 Å². The molecule has 1 amide bonds. The van der Waals surface area contributed by atoms with Crippen LogP contribution in [0.4, 0.5) is 5.13 Å². The minimum Gasteiger partial charge on any atom is -0.300 e. The summed E-state index contributed by atoms with van der Waals surface area (Å²) in [5.74, 6) is 1.26. The summed E-state index contributed by atoms with van der Waals surface area (Å²) in [6, 6.07) is 10.2. The number of nitrogens with zero attached hydrogens (tertiary/aromatic N) is 2. The molecule has 2 atom stereocenters. The van der Waals surface area contributed by atoms with E-state index in [1.807, 2.05) is 25.1 Å². The van der Waals surface area contributed by atoms with Crippen LogP contribution in [0.2, 0.25) is 0 Å². The first-order valence-electron chi connectivity index (χ1n) is 7.10. The summed E-state index contributed by atoms with van der Waals surface area (Å²) >= 11 is 3.01. The predicted molar refractivity (Wildman–Crippen MR) is 91.4 cm³/mol. The van der Waals surface area contributed by atoms with E-state index >= 15 is 0 Å². The molecule has 2 aromatic rings. The Balaban J connectivity index is 1.54. The molecule has 114 valence electrons. The van der Waals surface area contributed by atoms with Crippen molar-refractivity contribution in [1.29, 1.82) is 0 Å². The smallest absolute Gasteiger partial charge is 0.229 e. The van der Waals surface area contributed by atoms with Gasteiger partial charge >= 0.3 is 0 Å². The Bertz CT molecular complexity index is 684. The van der Waals surface area contributed by atoms with E-state index in [0.717, 1.165) is 22.1 Å². The SMILES string of the molecule is C=C(C)CSc1nnc(NC(=O)[C@@H]2C[C@H]2c2ccccc2)s1. The van der Waals surface area contributed by atoms with Gasteiger partial charge in [0.15, 0.2) is 4.34 Å². The normalized spacial score (nSPS) is 19.7. The molecule has 0 unspecified atom stereocenters. The lowest BCUT2D eigenvalue weighted by Gasteiger charge is -2.00. The molecule has 1 heterocycles. The number of carbonyl (C=O) groups excluding carboxylic acids is 1. The number of thioether (sulfide) groups is 1. The van der Waals surface area contributed by atoms with E-state index in [2.05, 4.69) is 34.2 Å². The lowest BCUT2D eigenvalue weighted by Crippen LogP contribution is -2.14. The zero-order chi connectivity index (χ0) is 15.5. The molecule has 1 aliphatic carbocycles. The second-order valence-corrected chi connectivity index (χ2v) is 7.67. The van der Waals surface area contributed by atoms with Crippen LogP contribution in [-0.2, 0) is 4.79 Å². The molecule has 1 fully saturated rings. The monoisotopic (exact) mass is 331 g/mol. The van der Waals surface area contributed by atoms with Crippen molar-refractivity contribution in [2.75, 3.05) is 11.1 Å². The van der Waals surface area contributed by atoms with Gasteiger partial charge in [-0.1, -0.05) is 65.6 Å². The van der Waals surface area contributed by atoms with Gasteiger partial charge in [0, 0.05) is 11.7 Å². The maximum Gasteiger partial charge on any atom is 0.229 e. The van der Waals surface area contributed by atoms with Crippen LogP contribution in [-0.4, -0.2) is 21.9 Å². The summed E-state index contributed by atoms with van der Waals surface area (Å²) in [5.41, 5.74) is 2.33. The van der Waals surface area contributed by atoms with Gasteiger partial charge in [0.2, 0.25) is 11.0 Å². The largest absolute Gasteiger partial charge is 0.300 e. The van der Waals surface area contributed by atoms with Crippen molar-refractivity contribution >= 4 is 34.1 Å². The first-order valence-corrected chi connectivity index (χ1v) is 8.90. The molecule has 1 saturated carbocycles. The van der Waals surface area contributed by atoms with E-state index in [9.17, 15) is 4.79 Å². The highest BCUT2D eigenvalue weighted by Gasteiger charge is 2.44. The Labute approximate surface area is 138 Å². The Hall–Kier alpha value is -1.66. The first-order chi connectivity index (χ1) is 10.6. The van der Waals surface area contributed by atoms with Gasteiger partial charge in [-0.3, -0.25) is 4.79 Å². The van der Waals surface area contributed by atoms with Gasteiger partial charge < -0.3 is 5.32 Å². The van der Waals surface area contributed by atoms with E-state index in [0.29, 0.717) is 11.0 Å². The van der Waals surface area contributed by atoms with Crippen LogP contribution in [0.1, 0.15) is 24.8 Å². The van der Waals surface area contributed by atoms with Crippen LogP contribution >= 0.6 is 23.1 Å². The predicted octanol–water partition coefficient (Wildman–Crippen LogP) is 3.95. The third kappa shape index (κ3) is 3.75. The summed E-state index contributed by atoms with van der Waals surface area (Å²) in [5, 5.41) is 11.6. The van der Waals surface area contributed by atoms with Crippen molar-refractivity contribution in [1.82, 2.24) is 10.2 Å². The van der Waals surface area contributed by atoms with Crippen LogP contribution in [0.3, 0.4) is 0 Å². The molecule has 0 spiro atoms. The van der Waals surface area contributed by atoms with Gasteiger partial charge in [0.05, 0.1) is 0 Å². The van der Waals surface area contributed by atoms with E-state index < -0.39 is 0 Å². The minimum absolute atomic E-state index is 0.0430. The van der Waals surface area contributed by atoms with Crippen molar-refractivity contribution in [2.24, 2.45) is 5.92 Å². The quantitative estimate of drug-likeness (QED) is 0.495. The minimum atomic E-state index is 0.0430. The number of rotatable bonds is 6. The molecular weight excluding hydrogens is 314 g/mol. The molecule has 1 aromatic carbocycles. The van der Waals surface area contributed by atoms with Crippen molar-refractivity contribution in [2.45, 2.75) is 23.6 Å². The number of anilines is 1. The molecule has 22 heavy (non-hydrogen) atoms.